The predicted octanol–water partition coefficient (Wildman–Crippen LogP) is 6.85. The van der Waals surface area contributed by atoms with E-state index in [2.05, 4.69) is 35.6 Å². The van der Waals surface area contributed by atoms with E-state index < -0.39 is 0 Å². The lowest BCUT2D eigenvalue weighted by Gasteiger charge is -2.22. The summed E-state index contributed by atoms with van der Waals surface area (Å²) < 4.78 is 0. The van der Waals surface area contributed by atoms with E-state index in [9.17, 15) is 15.0 Å². The van der Waals surface area contributed by atoms with Gasteiger partial charge < -0.3 is 15.5 Å². The number of anilines is 1. The van der Waals surface area contributed by atoms with Gasteiger partial charge in [0.05, 0.1) is 6.54 Å². The lowest BCUT2D eigenvalue weighted by Crippen LogP contribution is -2.37. The summed E-state index contributed by atoms with van der Waals surface area (Å²) in [7, 11) is 1.64. The molecule has 5 aromatic rings. The van der Waals surface area contributed by atoms with Crippen LogP contribution in [0.4, 0.5) is 10.5 Å². The molecule has 0 saturated heterocycles. The lowest BCUT2D eigenvalue weighted by molar-refractivity contribution is 0.248. The van der Waals surface area contributed by atoms with Crippen molar-refractivity contribution in [3.05, 3.63) is 126 Å². The maximum Gasteiger partial charge on any atom is 0.321 e. The molecule has 0 fully saturated rings. The van der Waals surface area contributed by atoms with Crippen LogP contribution in [0.25, 0.3) is 21.9 Å². The smallest absolute Gasteiger partial charge is 0.321 e. The average Bonchev–Trinajstić information content (AvgIpc) is 2.93. The van der Waals surface area contributed by atoms with E-state index in [0.29, 0.717) is 13.0 Å². The van der Waals surface area contributed by atoms with Crippen molar-refractivity contribution >= 4 is 22.5 Å². The van der Waals surface area contributed by atoms with Crippen LogP contribution in [0.5, 0.6) is 11.5 Å². The monoisotopic (exact) mass is 488 g/mol. The number of nitrogens with one attached hydrogen (secondary N) is 1. The van der Waals surface area contributed by atoms with Crippen molar-refractivity contribution in [1.82, 2.24) is 5.32 Å². The number of hydrogen-bond acceptors (Lipinski definition) is 3. The Balaban J connectivity index is 1.47. The van der Waals surface area contributed by atoms with Crippen LogP contribution in [0.1, 0.15) is 16.7 Å². The molecule has 5 rings (SSSR count). The second-order valence-electron chi connectivity index (χ2n) is 9.01. The molecule has 184 valence electrons. The molecule has 0 aromatic heterocycles. The third kappa shape index (κ3) is 5.26. The van der Waals surface area contributed by atoms with Gasteiger partial charge in [-0.05, 0) is 81.4 Å². The van der Waals surface area contributed by atoms with E-state index >= 15 is 0 Å². The van der Waals surface area contributed by atoms with E-state index in [1.54, 1.807) is 36.2 Å². The van der Waals surface area contributed by atoms with Crippen molar-refractivity contribution in [2.45, 2.75) is 13.0 Å². The van der Waals surface area contributed by atoms with E-state index in [0.717, 1.165) is 44.3 Å². The molecule has 0 atom stereocenters. The van der Waals surface area contributed by atoms with Gasteiger partial charge in [-0.2, -0.15) is 0 Å². The maximum atomic E-state index is 12.5. The quantitative estimate of drug-likeness (QED) is 0.245. The molecule has 5 nitrogen and oxygen atoms in total. The van der Waals surface area contributed by atoms with Crippen molar-refractivity contribution in [2.24, 2.45) is 0 Å². The normalized spacial score (nSPS) is 10.8. The summed E-state index contributed by atoms with van der Waals surface area (Å²) in [4.78, 5) is 14.3. The first-order valence-electron chi connectivity index (χ1n) is 12.2. The van der Waals surface area contributed by atoms with Crippen LogP contribution in [-0.2, 0) is 13.0 Å². The number of phenols is 2. The van der Waals surface area contributed by atoms with E-state index in [1.807, 2.05) is 54.6 Å². The van der Waals surface area contributed by atoms with Gasteiger partial charge in [-0.1, -0.05) is 72.8 Å². The molecule has 5 aromatic carbocycles. The summed E-state index contributed by atoms with van der Waals surface area (Å²) in [6.07, 6.45) is 0.691. The molecule has 0 aliphatic carbocycles. The first-order valence-corrected chi connectivity index (χ1v) is 12.2. The molecule has 37 heavy (non-hydrogen) atoms. The number of hydrogen-bond donors (Lipinski definition) is 3. The number of phenolic OH excluding ortho intramolecular Hbond substituents is 2. The molecule has 0 bridgehead atoms. The Bertz CT molecular complexity index is 1530. The van der Waals surface area contributed by atoms with Crippen molar-refractivity contribution in [3.63, 3.8) is 0 Å². The number of urea groups is 1. The maximum absolute atomic E-state index is 12.5. The molecule has 0 aliphatic rings. The van der Waals surface area contributed by atoms with Gasteiger partial charge in [-0.25, -0.2) is 4.79 Å². The molecule has 0 radical (unpaired) electrons. The number of para-hydroxylation sites is 1. The largest absolute Gasteiger partial charge is 0.508 e. The highest BCUT2D eigenvalue weighted by Crippen LogP contribution is 2.34. The fraction of sp³-hybridized carbons (Fsp3) is 0.0938. The Morgan fingerprint density at radius 3 is 2.14 bits per heavy atom. The number of fused-ring (bicyclic) bond motifs is 1. The van der Waals surface area contributed by atoms with Gasteiger partial charge in [0, 0.05) is 12.7 Å². The van der Waals surface area contributed by atoms with Crippen molar-refractivity contribution in [1.29, 1.82) is 0 Å². The molecule has 2 amide bonds. The first-order chi connectivity index (χ1) is 18.0. The third-order valence-corrected chi connectivity index (χ3v) is 6.56. The van der Waals surface area contributed by atoms with Gasteiger partial charge in [0.15, 0.2) is 0 Å². The number of aromatic hydroxyl groups is 2. The number of carbonyl (C=O) groups is 1. The van der Waals surface area contributed by atoms with Gasteiger partial charge in [-0.15, -0.1) is 0 Å². The Kier molecular flexibility index (Phi) is 6.77. The van der Waals surface area contributed by atoms with Gasteiger partial charge in [0.1, 0.15) is 11.5 Å². The number of benzene rings is 5. The zero-order chi connectivity index (χ0) is 25.8. The average molecular weight is 489 g/mol. The van der Waals surface area contributed by atoms with Crippen LogP contribution in [0.3, 0.4) is 0 Å². The summed E-state index contributed by atoms with van der Waals surface area (Å²) in [5, 5.41) is 24.5. The third-order valence-electron chi connectivity index (χ3n) is 6.56. The summed E-state index contributed by atoms with van der Waals surface area (Å²) in [6.45, 7) is 0.455. The summed E-state index contributed by atoms with van der Waals surface area (Å²) in [5.41, 5.74) is 6.24. The number of nitrogens with zero attached hydrogens (tertiary/aromatic N) is 1. The van der Waals surface area contributed by atoms with Crippen LogP contribution in [-0.4, -0.2) is 23.3 Å². The van der Waals surface area contributed by atoms with Gasteiger partial charge >= 0.3 is 6.03 Å². The summed E-state index contributed by atoms with van der Waals surface area (Å²) in [6, 6.07) is 34.5. The zero-order valence-corrected chi connectivity index (χ0v) is 20.6. The highest BCUT2D eigenvalue weighted by atomic mass is 16.3. The fourth-order valence-electron chi connectivity index (χ4n) is 4.66. The van der Waals surface area contributed by atoms with Gasteiger partial charge in [0.25, 0.3) is 0 Å². The number of carbonyl (C=O) groups excluding carboxylic acids is 1. The van der Waals surface area contributed by atoms with Crippen molar-refractivity contribution in [2.75, 3.05) is 11.9 Å². The second-order valence-corrected chi connectivity index (χ2v) is 9.01. The van der Waals surface area contributed by atoms with E-state index in [1.165, 1.54) is 0 Å². The SMILES string of the molecule is CNC(=O)N(Cc1ccc(Cc2c(-c3ccc(O)cc3)ccc3cc(O)ccc23)cc1)c1ccccc1. The molecule has 5 heteroatoms. The summed E-state index contributed by atoms with van der Waals surface area (Å²) in [5.74, 6) is 0.465. The number of amides is 2. The van der Waals surface area contributed by atoms with E-state index in [-0.39, 0.29) is 17.5 Å². The van der Waals surface area contributed by atoms with Crippen LogP contribution >= 0.6 is 0 Å². The minimum absolute atomic E-state index is 0.159. The highest BCUT2D eigenvalue weighted by molar-refractivity contribution is 5.93. The van der Waals surface area contributed by atoms with Crippen LogP contribution < -0.4 is 10.2 Å². The Morgan fingerprint density at radius 2 is 1.43 bits per heavy atom. The minimum Gasteiger partial charge on any atom is -0.508 e. The Hall–Kier alpha value is -4.77. The van der Waals surface area contributed by atoms with Gasteiger partial charge in [-0.3, -0.25) is 4.90 Å². The van der Waals surface area contributed by atoms with Crippen molar-refractivity contribution < 1.29 is 15.0 Å². The summed E-state index contributed by atoms with van der Waals surface area (Å²) >= 11 is 0. The van der Waals surface area contributed by atoms with Crippen molar-refractivity contribution in [3.8, 4) is 22.6 Å². The Labute approximate surface area is 216 Å². The fourth-order valence-corrected chi connectivity index (χ4v) is 4.66. The molecule has 0 saturated carbocycles. The van der Waals surface area contributed by atoms with Crippen LogP contribution in [0.2, 0.25) is 0 Å². The van der Waals surface area contributed by atoms with Crippen LogP contribution in [0, 0.1) is 0 Å². The molecule has 0 heterocycles. The highest BCUT2D eigenvalue weighted by Gasteiger charge is 2.15. The molecule has 0 unspecified atom stereocenters. The molecule has 3 N–H and O–H groups in total. The standard InChI is InChI=1S/C32H28N2O3/c1-33-32(37)34(26-5-3-2-4-6-26)21-23-9-7-22(8-10-23)19-31-29(24-11-14-27(35)15-12-24)17-13-25-20-28(36)16-18-30(25)31/h2-18,20,35-36H,19,21H2,1H3,(H,33,37). The second kappa shape index (κ2) is 10.5. The number of rotatable bonds is 6. The molecular weight excluding hydrogens is 460 g/mol. The first kappa shape index (κ1) is 23.9. The topological polar surface area (TPSA) is 72.8 Å². The minimum atomic E-state index is -0.159. The molecule has 0 spiro atoms. The lowest BCUT2D eigenvalue weighted by atomic mass is 9.90. The Morgan fingerprint density at radius 1 is 0.757 bits per heavy atom. The van der Waals surface area contributed by atoms with Gasteiger partial charge in [0.2, 0.25) is 0 Å². The predicted molar refractivity (Wildman–Crippen MR) is 149 cm³/mol. The van der Waals surface area contributed by atoms with E-state index in [4.69, 9.17) is 0 Å². The van der Waals surface area contributed by atoms with Crippen LogP contribution in [0.15, 0.2) is 109 Å². The zero-order valence-electron chi connectivity index (χ0n) is 20.6. The molecular formula is C32H28N2O3. The molecule has 0 aliphatic heterocycles.